The number of carbonyl (C=O) groups is 2. The molecule has 1 aromatic carbocycles. The molecular formula is C18H26N4O4+2. The molecule has 0 unspecified atom stereocenters. The summed E-state index contributed by atoms with van der Waals surface area (Å²) in [7, 11) is 5.06. The number of quaternary nitrogens is 2. The number of aromatic amines is 1. The molecule has 0 radical (unpaired) electrons. The molecule has 0 spiro atoms. The van der Waals surface area contributed by atoms with Crippen molar-refractivity contribution in [3.8, 4) is 5.75 Å². The molecule has 3 rings (SSSR count). The first kappa shape index (κ1) is 18.2. The molecule has 0 aliphatic carbocycles. The molecule has 26 heavy (non-hydrogen) atoms. The number of ether oxygens (including phenoxy) is 2. The zero-order valence-corrected chi connectivity index (χ0v) is 15.4. The van der Waals surface area contributed by atoms with Gasteiger partial charge in [-0.3, -0.25) is 4.79 Å². The molecule has 2 heterocycles. The average Bonchev–Trinajstić information content (AvgIpc) is 3.00. The molecule has 2 aromatic rings. The number of methoxy groups -OCH3 is 2. The lowest BCUT2D eigenvalue weighted by molar-refractivity contribution is -0.999. The van der Waals surface area contributed by atoms with Crippen LogP contribution in [-0.4, -0.2) is 70.9 Å². The van der Waals surface area contributed by atoms with E-state index in [1.165, 1.54) is 16.9 Å². The Hall–Kier alpha value is -2.58. The third kappa shape index (κ3) is 3.81. The number of nitrogens with one attached hydrogen (secondary N) is 4. The van der Waals surface area contributed by atoms with Gasteiger partial charge in [-0.05, 0) is 12.1 Å². The van der Waals surface area contributed by atoms with Crippen LogP contribution in [0.3, 0.4) is 0 Å². The van der Waals surface area contributed by atoms with Gasteiger partial charge >= 0.3 is 5.97 Å². The number of amides is 1. The highest BCUT2D eigenvalue weighted by molar-refractivity contribution is 6.11. The van der Waals surface area contributed by atoms with Crippen LogP contribution in [0.15, 0.2) is 18.2 Å². The second-order valence-corrected chi connectivity index (χ2v) is 6.71. The van der Waals surface area contributed by atoms with Crippen LogP contribution in [-0.2, 0) is 9.53 Å². The number of benzene rings is 1. The molecule has 0 atom stereocenters. The van der Waals surface area contributed by atoms with Crippen LogP contribution >= 0.6 is 0 Å². The van der Waals surface area contributed by atoms with E-state index in [0.29, 0.717) is 23.5 Å². The molecule has 1 aliphatic heterocycles. The molecule has 4 N–H and O–H groups in total. The van der Waals surface area contributed by atoms with Crippen molar-refractivity contribution in [2.45, 2.75) is 0 Å². The van der Waals surface area contributed by atoms with Gasteiger partial charge in [-0.2, -0.15) is 0 Å². The van der Waals surface area contributed by atoms with Gasteiger partial charge in [-0.25, -0.2) is 4.79 Å². The van der Waals surface area contributed by atoms with E-state index in [-0.39, 0.29) is 11.6 Å². The maximum atomic E-state index is 12.6. The number of likely N-dealkylation sites (N-methyl/N-ethyl adjacent to an activating group) is 1. The van der Waals surface area contributed by atoms with Gasteiger partial charge in [-0.1, -0.05) is 0 Å². The van der Waals surface area contributed by atoms with Crippen molar-refractivity contribution in [1.82, 2.24) is 4.98 Å². The van der Waals surface area contributed by atoms with Crippen LogP contribution in [0.2, 0.25) is 0 Å². The summed E-state index contributed by atoms with van der Waals surface area (Å²) < 4.78 is 10.1. The predicted molar refractivity (Wildman–Crippen MR) is 97.0 cm³/mol. The Balaban J connectivity index is 1.83. The summed E-state index contributed by atoms with van der Waals surface area (Å²) in [5, 5.41) is 3.65. The lowest BCUT2D eigenvalue weighted by Crippen LogP contribution is -3.27. The Labute approximate surface area is 152 Å². The minimum absolute atomic E-state index is 0.110. The fraction of sp³-hybridized carbons (Fsp3) is 0.444. The smallest absolute Gasteiger partial charge is 0.356 e. The molecule has 1 amide bonds. The van der Waals surface area contributed by atoms with E-state index in [4.69, 9.17) is 9.47 Å². The predicted octanol–water partition coefficient (Wildman–Crippen LogP) is -1.69. The van der Waals surface area contributed by atoms with E-state index >= 15 is 0 Å². The molecular weight excluding hydrogens is 336 g/mol. The molecule has 8 nitrogen and oxygen atoms in total. The number of fused-ring (bicyclic) bond motifs is 1. The highest BCUT2D eigenvalue weighted by Gasteiger charge is 2.25. The van der Waals surface area contributed by atoms with Crippen molar-refractivity contribution < 1.29 is 28.9 Å². The maximum Gasteiger partial charge on any atom is 0.356 e. The maximum absolute atomic E-state index is 12.6. The van der Waals surface area contributed by atoms with E-state index in [9.17, 15) is 9.59 Å². The molecule has 1 fully saturated rings. The summed E-state index contributed by atoms with van der Waals surface area (Å²) in [6, 6.07) is 5.39. The summed E-state index contributed by atoms with van der Waals surface area (Å²) >= 11 is 0. The van der Waals surface area contributed by atoms with Crippen molar-refractivity contribution in [1.29, 1.82) is 0 Å². The van der Waals surface area contributed by atoms with Crippen LogP contribution in [0, 0.1) is 0 Å². The Morgan fingerprint density at radius 3 is 2.58 bits per heavy atom. The Kier molecular flexibility index (Phi) is 5.43. The number of H-pyrrole nitrogens is 1. The van der Waals surface area contributed by atoms with Crippen LogP contribution in [0.5, 0.6) is 5.75 Å². The van der Waals surface area contributed by atoms with Crippen molar-refractivity contribution in [2.24, 2.45) is 0 Å². The van der Waals surface area contributed by atoms with Crippen molar-refractivity contribution >= 4 is 28.5 Å². The molecule has 1 aliphatic rings. The van der Waals surface area contributed by atoms with Gasteiger partial charge in [0.05, 0.1) is 32.5 Å². The third-order valence-electron chi connectivity index (χ3n) is 4.88. The van der Waals surface area contributed by atoms with Crippen LogP contribution in [0.4, 0.5) is 5.69 Å². The van der Waals surface area contributed by atoms with E-state index in [2.05, 4.69) is 17.3 Å². The average molecular weight is 362 g/mol. The first-order valence-electron chi connectivity index (χ1n) is 8.74. The first-order valence-corrected chi connectivity index (χ1v) is 8.74. The molecule has 1 aromatic heterocycles. The Bertz CT molecular complexity index is 809. The third-order valence-corrected chi connectivity index (χ3v) is 4.88. The van der Waals surface area contributed by atoms with E-state index in [1.54, 1.807) is 19.2 Å². The van der Waals surface area contributed by atoms with Gasteiger partial charge in [0, 0.05) is 11.5 Å². The number of hydrogen-bond acceptors (Lipinski definition) is 4. The van der Waals surface area contributed by atoms with E-state index in [1.807, 2.05) is 6.07 Å². The molecule has 0 saturated carbocycles. The zero-order chi connectivity index (χ0) is 18.7. The highest BCUT2D eigenvalue weighted by atomic mass is 16.5. The molecule has 0 bridgehead atoms. The Morgan fingerprint density at radius 2 is 1.92 bits per heavy atom. The van der Waals surface area contributed by atoms with E-state index in [0.717, 1.165) is 31.6 Å². The van der Waals surface area contributed by atoms with Crippen molar-refractivity contribution in [2.75, 3.05) is 59.3 Å². The number of aromatic nitrogens is 1. The largest absolute Gasteiger partial charge is 0.497 e. The van der Waals surface area contributed by atoms with Gasteiger partial charge < -0.3 is 29.6 Å². The second kappa shape index (κ2) is 7.76. The number of hydrogen-bond donors (Lipinski definition) is 4. The lowest BCUT2D eigenvalue weighted by atomic mass is 10.2. The topological polar surface area (TPSA) is 89.3 Å². The van der Waals surface area contributed by atoms with Crippen LogP contribution in [0.1, 0.15) is 10.5 Å². The molecule has 140 valence electrons. The van der Waals surface area contributed by atoms with Gasteiger partial charge in [0.1, 0.15) is 37.6 Å². The summed E-state index contributed by atoms with van der Waals surface area (Å²) in [6.07, 6.45) is 0. The quantitative estimate of drug-likeness (QED) is 0.478. The van der Waals surface area contributed by atoms with Crippen LogP contribution in [0.25, 0.3) is 10.9 Å². The number of piperazine rings is 1. The van der Waals surface area contributed by atoms with Crippen LogP contribution < -0.4 is 19.9 Å². The number of esters is 1. The van der Waals surface area contributed by atoms with E-state index < -0.39 is 5.97 Å². The summed E-state index contributed by atoms with van der Waals surface area (Å²) in [6.45, 7) is 4.44. The van der Waals surface area contributed by atoms with Crippen molar-refractivity contribution in [3.05, 3.63) is 23.9 Å². The summed E-state index contributed by atoms with van der Waals surface area (Å²) in [4.78, 5) is 30.5. The minimum atomic E-state index is -0.522. The standard InChI is InChI=1S/C18H24N4O4/c1-21-6-8-22(9-7-21)11-15(23)20-16-13-5-4-12(25-2)10-14(13)19-17(16)18(24)26-3/h4-5,10,19H,6-9,11H2,1-3H3,(H,20,23)/p+2. The van der Waals surface area contributed by atoms with Gasteiger partial charge in [0.25, 0.3) is 5.91 Å². The zero-order valence-electron chi connectivity index (χ0n) is 15.4. The van der Waals surface area contributed by atoms with Crippen molar-refractivity contribution in [3.63, 3.8) is 0 Å². The fourth-order valence-corrected chi connectivity index (χ4v) is 3.31. The highest BCUT2D eigenvalue weighted by Crippen LogP contribution is 2.30. The second-order valence-electron chi connectivity index (χ2n) is 6.71. The summed E-state index contributed by atoms with van der Waals surface area (Å²) in [5.41, 5.74) is 1.40. The number of anilines is 1. The van der Waals surface area contributed by atoms with Gasteiger partial charge in [0.15, 0.2) is 6.54 Å². The summed E-state index contributed by atoms with van der Waals surface area (Å²) in [5.74, 6) is 0.0323. The molecule has 8 heteroatoms. The lowest BCUT2D eigenvalue weighted by Gasteiger charge is -2.26. The number of rotatable bonds is 5. The SMILES string of the molecule is COC(=O)c1[nH]c2cc(OC)ccc2c1NC(=O)C[NH+]1CC[NH+](C)CC1. The monoisotopic (exact) mass is 362 g/mol. The minimum Gasteiger partial charge on any atom is -0.497 e. The first-order chi connectivity index (χ1) is 12.5. The van der Waals surface area contributed by atoms with Gasteiger partial charge in [-0.15, -0.1) is 0 Å². The van der Waals surface area contributed by atoms with Gasteiger partial charge in [0.2, 0.25) is 0 Å². The fourth-order valence-electron chi connectivity index (χ4n) is 3.31. The number of carbonyl (C=O) groups excluding carboxylic acids is 2. The Morgan fingerprint density at radius 1 is 1.19 bits per heavy atom. The molecule has 1 saturated heterocycles. The normalized spacial score (nSPS) is 20.0.